The van der Waals surface area contributed by atoms with E-state index in [1.807, 2.05) is 6.07 Å². The zero-order valence-corrected chi connectivity index (χ0v) is 10.8. The number of halogens is 2. The van der Waals surface area contributed by atoms with E-state index in [0.29, 0.717) is 21.6 Å². The number of fused-ring (bicyclic) bond motifs is 1. The fraction of sp³-hybridized carbons (Fsp3) is 0. The monoisotopic (exact) mass is 288 g/mol. The standard InChI is InChI=1S/C14H8ClFN3O/c15-12-3-1-2-11-13(8-17)18(19(20)14(11)12)10-6-4-9(16)5-7-10/h1-7,20H/q+1. The fourth-order valence-corrected chi connectivity index (χ4v) is 2.40. The van der Waals surface area contributed by atoms with Crippen molar-refractivity contribution in [2.75, 3.05) is 0 Å². The molecule has 1 aromatic heterocycles. The quantitative estimate of drug-likeness (QED) is 0.553. The lowest BCUT2D eigenvalue weighted by Gasteiger charge is -1.96. The zero-order valence-electron chi connectivity index (χ0n) is 10.1. The summed E-state index contributed by atoms with van der Waals surface area (Å²) in [5.41, 5.74) is 1.00. The summed E-state index contributed by atoms with van der Waals surface area (Å²) in [6.45, 7) is 0. The van der Waals surface area contributed by atoms with Crippen LogP contribution in [0.25, 0.3) is 16.6 Å². The van der Waals surface area contributed by atoms with E-state index in [9.17, 15) is 14.9 Å². The molecule has 3 aromatic rings. The van der Waals surface area contributed by atoms with Crippen LogP contribution in [0.15, 0.2) is 42.5 Å². The van der Waals surface area contributed by atoms with Gasteiger partial charge in [-0.3, -0.25) is 0 Å². The minimum Gasteiger partial charge on any atom is -0.383 e. The smallest absolute Gasteiger partial charge is 0.326 e. The Kier molecular flexibility index (Phi) is 2.81. The lowest BCUT2D eigenvalue weighted by atomic mass is 10.2. The van der Waals surface area contributed by atoms with Crippen molar-refractivity contribution in [3.63, 3.8) is 0 Å². The lowest BCUT2D eigenvalue weighted by molar-refractivity contribution is -0.715. The number of hydrogen-bond donors (Lipinski definition) is 1. The Morgan fingerprint density at radius 3 is 2.55 bits per heavy atom. The van der Waals surface area contributed by atoms with E-state index in [1.165, 1.54) is 28.9 Å². The topological polar surface area (TPSA) is 52.8 Å². The molecule has 0 fully saturated rings. The molecule has 1 N–H and O–H groups in total. The molecule has 6 heteroatoms. The molecule has 0 radical (unpaired) electrons. The first kappa shape index (κ1) is 12.5. The highest BCUT2D eigenvalue weighted by Crippen LogP contribution is 2.25. The molecule has 0 saturated carbocycles. The Bertz CT molecular complexity index is 849. The van der Waals surface area contributed by atoms with Gasteiger partial charge in [-0.1, -0.05) is 17.7 Å². The van der Waals surface area contributed by atoms with Crippen molar-refractivity contribution < 1.29 is 14.3 Å². The maximum atomic E-state index is 13.0. The first-order chi connectivity index (χ1) is 9.63. The van der Waals surface area contributed by atoms with Gasteiger partial charge in [0.05, 0.1) is 10.4 Å². The van der Waals surface area contributed by atoms with Crippen LogP contribution in [0.4, 0.5) is 4.39 Å². The first-order valence-electron chi connectivity index (χ1n) is 5.74. The second-order valence-corrected chi connectivity index (χ2v) is 4.58. The first-order valence-corrected chi connectivity index (χ1v) is 6.12. The van der Waals surface area contributed by atoms with Gasteiger partial charge in [-0.2, -0.15) is 5.26 Å². The molecule has 0 spiro atoms. The van der Waals surface area contributed by atoms with Gasteiger partial charge in [0.1, 0.15) is 5.82 Å². The molecule has 0 aliphatic heterocycles. The third kappa shape index (κ3) is 1.70. The van der Waals surface area contributed by atoms with Crippen LogP contribution in [0.2, 0.25) is 5.02 Å². The van der Waals surface area contributed by atoms with Crippen molar-refractivity contribution in [1.82, 2.24) is 4.85 Å². The minimum absolute atomic E-state index is 0.219. The molecule has 0 bridgehead atoms. The maximum absolute atomic E-state index is 13.0. The van der Waals surface area contributed by atoms with Crippen LogP contribution in [-0.4, -0.2) is 10.1 Å². The summed E-state index contributed by atoms with van der Waals surface area (Å²) in [5, 5.41) is 20.4. The maximum Gasteiger partial charge on any atom is 0.326 e. The number of nitrogens with zero attached hydrogens (tertiary/aromatic N) is 3. The van der Waals surface area contributed by atoms with Gasteiger partial charge in [-0.25, -0.2) is 4.39 Å². The fourth-order valence-electron chi connectivity index (χ4n) is 2.15. The highest BCUT2D eigenvalue weighted by molar-refractivity contribution is 6.35. The molecule has 0 amide bonds. The van der Waals surface area contributed by atoms with E-state index in [2.05, 4.69) is 0 Å². The van der Waals surface area contributed by atoms with Crippen LogP contribution in [-0.2, 0) is 0 Å². The van der Waals surface area contributed by atoms with E-state index in [0.717, 1.165) is 4.85 Å². The van der Waals surface area contributed by atoms with E-state index < -0.39 is 5.82 Å². The normalized spacial score (nSPS) is 10.7. The Balaban J connectivity index is 2.42. The van der Waals surface area contributed by atoms with Crippen LogP contribution in [0.3, 0.4) is 0 Å². The van der Waals surface area contributed by atoms with Crippen LogP contribution in [0, 0.1) is 17.1 Å². The molecular weight excluding hydrogens is 281 g/mol. The second kappa shape index (κ2) is 4.51. The molecule has 20 heavy (non-hydrogen) atoms. The number of aromatic nitrogens is 2. The number of para-hydroxylation sites is 1. The zero-order chi connectivity index (χ0) is 14.3. The molecule has 0 aliphatic rings. The molecule has 3 rings (SSSR count). The molecule has 98 valence electrons. The molecule has 0 aliphatic carbocycles. The average molecular weight is 289 g/mol. The number of hydrogen-bond acceptors (Lipinski definition) is 2. The Hall–Kier alpha value is -2.58. The highest BCUT2D eigenvalue weighted by Gasteiger charge is 2.28. The lowest BCUT2D eigenvalue weighted by Crippen LogP contribution is -2.42. The Morgan fingerprint density at radius 1 is 1.20 bits per heavy atom. The van der Waals surface area contributed by atoms with Crippen molar-refractivity contribution in [2.24, 2.45) is 0 Å². The summed E-state index contributed by atoms with van der Waals surface area (Å²) < 4.78 is 14.3. The van der Waals surface area contributed by atoms with Crippen molar-refractivity contribution in [2.45, 2.75) is 0 Å². The summed E-state index contributed by atoms with van der Waals surface area (Å²) in [5.74, 6) is -0.397. The van der Waals surface area contributed by atoms with Crippen molar-refractivity contribution >= 4 is 22.5 Å². The third-order valence-corrected chi connectivity index (χ3v) is 3.33. The Labute approximate surface area is 118 Å². The van der Waals surface area contributed by atoms with E-state index in [-0.39, 0.29) is 5.69 Å². The van der Waals surface area contributed by atoms with Crippen molar-refractivity contribution in [3.05, 3.63) is 59.0 Å². The van der Waals surface area contributed by atoms with Crippen LogP contribution in [0.5, 0.6) is 0 Å². The van der Waals surface area contributed by atoms with Gasteiger partial charge in [0.15, 0.2) is 11.6 Å². The molecule has 4 nitrogen and oxygen atoms in total. The van der Waals surface area contributed by atoms with E-state index >= 15 is 0 Å². The molecule has 2 aromatic carbocycles. The largest absolute Gasteiger partial charge is 0.383 e. The van der Waals surface area contributed by atoms with Gasteiger partial charge in [-0.15, -0.1) is 0 Å². The van der Waals surface area contributed by atoms with Crippen LogP contribution >= 0.6 is 11.6 Å². The predicted octanol–water partition coefficient (Wildman–Crippen LogP) is 2.82. The predicted molar refractivity (Wildman–Crippen MR) is 70.3 cm³/mol. The SMILES string of the molecule is N#Cc1c2cccc(Cl)c2n(O)[n+]1-c1ccc(F)cc1. The van der Waals surface area contributed by atoms with Gasteiger partial charge in [0, 0.05) is 17.0 Å². The van der Waals surface area contributed by atoms with Gasteiger partial charge < -0.3 is 5.21 Å². The number of nitriles is 1. The van der Waals surface area contributed by atoms with Gasteiger partial charge in [-0.05, 0) is 28.9 Å². The van der Waals surface area contributed by atoms with E-state index in [4.69, 9.17) is 11.6 Å². The average Bonchev–Trinajstić information content (AvgIpc) is 2.73. The summed E-state index contributed by atoms with van der Waals surface area (Å²) >= 11 is 6.05. The molecular formula is C14H8ClFN3O+. The van der Waals surface area contributed by atoms with E-state index in [1.54, 1.807) is 18.2 Å². The van der Waals surface area contributed by atoms with Gasteiger partial charge >= 0.3 is 5.69 Å². The third-order valence-electron chi connectivity index (χ3n) is 3.02. The van der Waals surface area contributed by atoms with Crippen LogP contribution < -0.4 is 4.68 Å². The van der Waals surface area contributed by atoms with Gasteiger partial charge in [0.25, 0.3) is 0 Å². The molecule has 1 heterocycles. The van der Waals surface area contributed by atoms with Crippen LogP contribution in [0.1, 0.15) is 5.69 Å². The summed E-state index contributed by atoms with van der Waals surface area (Å²) in [6.07, 6.45) is 0. The molecule has 0 saturated heterocycles. The minimum atomic E-state index is -0.397. The van der Waals surface area contributed by atoms with Crippen molar-refractivity contribution in [3.8, 4) is 11.8 Å². The van der Waals surface area contributed by atoms with Crippen molar-refractivity contribution in [1.29, 1.82) is 5.26 Å². The highest BCUT2D eigenvalue weighted by atomic mass is 35.5. The molecule has 0 unspecified atom stereocenters. The summed E-state index contributed by atoms with van der Waals surface area (Å²) in [6, 6.07) is 12.5. The van der Waals surface area contributed by atoms with Gasteiger partial charge in [0.2, 0.25) is 5.69 Å². The molecule has 0 atom stereocenters. The number of rotatable bonds is 1. The summed E-state index contributed by atoms with van der Waals surface area (Å²) in [7, 11) is 0. The number of benzene rings is 2. The Morgan fingerprint density at radius 2 is 1.90 bits per heavy atom. The summed E-state index contributed by atoms with van der Waals surface area (Å²) in [4.78, 5) is 0.795. The second-order valence-electron chi connectivity index (χ2n) is 4.17.